The van der Waals surface area contributed by atoms with Crippen LogP contribution in [0.4, 0.5) is 4.39 Å². The summed E-state index contributed by atoms with van der Waals surface area (Å²) in [6, 6.07) is 9.80. The number of halogens is 1. The number of ether oxygens (including phenoxy) is 1. The number of hydrogen-bond donors (Lipinski definition) is 0. The maximum atomic E-state index is 14.5. The second-order valence-corrected chi connectivity index (χ2v) is 6.60. The summed E-state index contributed by atoms with van der Waals surface area (Å²) in [5.74, 6) is 1.34. The van der Waals surface area contributed by atoms with Crippen molar-refractivity contribution in [1.82, 2.24) is 0 Å². The average molecular weight is 324 g/mol. The normalized spacial score (nSPS) is 21.2. The molecule has 1 nitrogen and oxygen atoms in total. The molecule has 0 saturated heterocycles. The number of allylic oxidation sites excluding steroid dienone is 2. The summed E-state index contributed by atoms with van der Waals surface area (Å²) in [6.45, 7) is 6.01. The highest BCUT2D eigenvalue weighted by Crippen LogP contribution is 2.38. The smallest absolute Gasteiger partial charge is 0.172 e. The van der Waals surface area contributed by atoms with Crippen molar-refractivity contribution < 1.29 is 9.13 Å². The standard InChI is InChI=1S/C22H25FO/c1-3-5-16-6-8-17(9-7-16)18-10-12-20-19(15-18)11-13-21(22(20)23)24-14-4-2/h3-5,10-13,15-17H,2,6-9,14H2,1H3/b5-3+. The van der Waals surface area contributed by atoms with E-state index in [4.69, 9.17) is 4.74 Å². The Hall–Kier alpha value is -2.09. The van der Waals surface area contributed by atoms with E-state index in [1.54, 1.807) is 12.1 Å². The lowest BCUT2D eigenvalue weighted by Gasteiger charge is -2.27. The molecule has 0 radical (unpaired) electrons. The van der Waals surface area contributed by atoms with Crippen LogP contribution in [0, 0.1) is 11.7 Å². The molecule has 2 aromatic carbocycles. The number of fused-ring (bicyclic) bond motifs is 1. The SMILES string of the molecule is C=CCOc1ccc2cc(C3CCC(/C=C/C)CC3)ccc2c1F. The monoisotopic (exact) mass is 324 g/mol. The maximum absolute atomic E-state index is 14.5. The minimum Gasteiger partial charge on any atom is -0.486 e. The van der Waals surface area contributed by atoms with Gasteiger partial charge in [-0.2, -0.15) is 0 Å². The highest BCUT2D eigenvalue weighted by Gasteiger charge is 2.21. The minimum absolute atomic E-state index is 0.280. The molecular weight excluding hydrogens is 299 g/mol. The van der Waals surface area contributed by atoms with Crippen LogP contribution in [0.15, 0.2) is 55.1 Å². The summed E-state index contributed by atoms with van der Waals surface area (Å²) >= 11 is 0. The fourth-order valence-corrected chi connectivity index (χ4v) is 3.72. The molecule has 1 fully saturated rings. The van der Waals surface area contributed by atoms with Crippen molar-refractivity contribution in [3.63, 3.8) is 0 Å². The lowest BCUT2D eigenvalue weighted by Crippen LogP contribution is -2.11. The van der Waals surface area contributed by atoms with Crippen LogP contribution in [0.2, 0.25) is 0 Å². The molecule has 2 aromatic rings. The molecule has 0 heterocycles. The van der Waals surface area contributed by atoms with Crippen LogP contribution in [-0.4, -0.2) is 6.61 Å². The molecule has 0 bridgehead atoms. The number of benzene rings is 2. The van der Waals surface area contributed by atoms with Gasteiger partial charge in [-0.05, 0) is 61.5 Å². The molecule has 0 atom stereocenters. The molecule has 126 valence electrons. The molecule has 0 amide bonds. The molecule has 1 saturated carbocycles. The lowest BCUT2D eigenvalue weighted by molar-refractivity contribution is 0.344. The van der Waals surface area contributed by atoms with Crippen LogP contribution in [0.25, 0.3) is 10.8 Å². The van der Waals surface area contributed by atoms with Crippen molar-refractivity contribution in [2.75, 3.05) is 6.61 Å². The van der Waals surface area contributed by atoms with Crippen molar-refractivity contribution >= 4 is 10.8 Å². The van der Waals surface area contributed by atoms with Gasteiger partial charge in [0.1, 0.15) is 6.61 Å². The van der Waals surface area contributed by atoms with Crippen LogP contribution < -0.4 is 4.74 Å². The van der Waals surface area contributed by atoms with Gasteiger partial charge < -0.3 is 4.74 Å². The molecule has 0 aliphatic heterocycles. The fraction of sp³-hybridized carbons (Fsp3) is 0.364. The van der Waals surface area contributed by atoms with Crippen LogP contribution in [-0.2, 0) is 0 Å². The van der Waals surface area contributed by atoms with Gasteiger partial charge in [-0.25, -0.2) is 4.39 Å². The largest absolute Gasteiger partial charge is 0.486 e. The Morgan fingerprint density at radius 1 is 1.17 bits per heavy atom. The van der Waals surface area contributed by atoms with Crippen molar-refractivity contribution in [3.8, 4) is 5.75 Å². The molecule has 2 heteroatoms. The van der Waals surface area contributed by atoms with Gasteiger partial charge in [0, 0.05) is 5.39 Å². The Kier molecular flexibility index (Phi) is 5.34. The average Bonchev–Trinajstić information content (AvgIpc) is 2.62. The molecular formula is C22H25FO. The second-order valence-electron chi connectivity index (χ2n) is 6.60. The second kappa shape index (κ2) is 7.65. The first-order valence-electron chi connectivity index (χ1n) is 8.81. The van der Waals surface area contributed by atoms with Gasteiger partial charge in [0.15, 0.2) is 11.6 Å². The fourth-order valence-electron chi connectivity index (χ4n) is 3.72. The molecule has 0 spiro atoms. The van der Waals surface area contributed by atoms with Gasteiger partial charge in [0.25, 0.3) is 0 Å². The summed E-state index contributed by atoms with van der Waals surface area (Å²) in [5.41, 5.74) is 1.33. The van der Waals surface area contributed by atoms with Gasteiger partial charge >= 0.3 is 0 Å². The van der Waals surface area contributed by atoms with Crippen LogP contribution in [0.5, 0.6) is 5.75 Å². The zero-order valence-electron chi connectivity index (χ0n) is 14.3. The Morgan fingerprint density at radius 2 is 1.96 bits per heavy atom. The van der Waals surface area contributed by atoms with Crippen molar-refractivity contribution in [2.45, 2.75) is 38.5 Å². The summed E-state index contributed by atoms with van der Waals surface area (Å²) in [5, 5.41) is 1.58. The predicted molar refractivity (Wildman–Crippen MR) is 99.1 cm³/mol. The lowest BCUT2D eigenvalue weighted by atomic mass is 9.78. The van der Waals surface area contributed by atoms with E-state index in [1.165, 1.54) is 31.2 Å². The number of rotatable bonds is 5. The van der Waals surface area contributed by atoms with Crippen molar-refractivity contribution in [3.05, 3.63) is 66.5 Å². The van der Waals surface area contributed by atoms with Crippen molar-refractivity contribution in [1.29, 1.82) is 0 Å². The zero-order valence-corrected chi connectivity index (χ0v) is 14.3. The van der Waals surface area contributed by atoms with Crippen molar-refractivity contribution in [2.24, 2.45) is 5.92 Å². The quantitative estimate of drug-likeness (QED) is 0.579. The molecule has 1 aliphatic carbocycles. The van der Waals surface area contributed by atoms with Gasteiger partial charge in [-0.1, -0.05) is 49.1 Å². The highest BCUT2D eigenvalue weighted by atomic mass is 19.1. The first kappa shape index (κ1) is 16.8. The highest BCUT2D eigenvalue weighted by molar-refractivity contribution is 5.85. The van der Waals surface area contributed by atoms with E-state index in [-0.39, 0.29) is 5.82 Å². The Morgan fingerprint density at radius 3 is 2.67 bits per heavy atom. The molecule has 1 aliphatic rings. The molecule has 24 heavy (non-hydrogen) atoms. The number of hydrogen-bond acceptors (Lipinski definition) is 1. The van der Waals surface area contributed by atoms with E-state index < -0.39 is 0 Å². The third-order valence-electron chi connectivity index (χ3n) is 5.01. The van der Waals surface area contributed by atoms with Crippen LogP contribution >= 0.6 is 0 Å². The topological polar surface area (TPSA) is 9.23 Å². The summed E-state index contributed by atoms with van der Waals surface area (Å²) in [7, 11) is 0. The summed E-state index contributed by atoms with van der Waals surface area (Å²) in [4.78, 5) is 0. The van der Waals surface area contributed by atoms with E-state index in [2.05, 4.69) is 37.8 Å². The van der Waals surface area contributed by atoms with Gasteiger partial charge in [-0.3, -0.25) is 0 Å². The van der Waals surface area contributed by atoms with Crippen LogP contribution in [0.1, 0.15) is 44.1 Å². The first-order valence-corrected chi connectivity index (χ1v) is 8.81. The summed E-state index contributed by atoms with van der Waals surface area (Å²) in [6.07, 6.45) is 11.0. The third-order valence-corrected chi connectivity index (χ3v) is 5.01. The summed E-state index contributed by atoms with van der Waals surface area (Å²) < 4.78 is 19.9. The maximum Gasteiger partial charge on any atom is 0.172 e. The Balaban J connectivity index is 1.81. The van der Waals surface area contributed by atoms with Gasteiger partial charge in [0.2, 0.25) is 0 Å². The Bertz CT molecular complexity index is 739. The third kappa shape index (κ3) is 3.53. The van der Waals surface area contributed by atoms with Crippen LogP contribution in [0.3, 0.4) is 0 Å². The van der Waals surface area contributed by atoms with Gasteiger partial charge in [-0.15, -0.1) is 0 Å². The van der Waals surface area contributed by atoms with E-state index in [1.807, 2.05) is 12.1 Å². The molecule has 0 aromatic heterocycles. The first-order chi connectivity index (χ1) is 11.7. The molecule has 0 unspecified atom stereocenters. The van der Waals surface area contributed by atoms with E-state index in [0.29, 0.717) is 23.7 Å². The van der Waals surface area contributed by atoms with E-state index >= 15 is 0 Å². The van der Waals surface area contributed by atoms with Gasteiger partial charge in [0.05, 0.1) is 0 Å². The predicted octanol–water partition coefficient (Wildman–Crippen LogP) is 6.39. The van der Waals surface area contributed by atoms with E-state index in [0.717, 1.165) is 11.3 Å². The van der Waals surface area contributed by atoms with E-state index in [9.17, 15) is 4.39 Å². The molecule has 3 rings (SSSR count). The minimum atomic E-state index is -0.280. The molecule has 0 N–H and O–H groups in total. The zero-order chi connectivity index (χ0) is 16.9. The Labute approximate surface area is 143 Å².